The van der Waals surface area contributed by atoms with E-state index in [0.717, 1.165) is 0 Å². The highest BCUT2D eigenvalue weighted by Crippen LogP contribution is 2.41. The molecular formula is C9H7ClN2O3. The summed E-state index contributed by atoms with van der Waals surface area (Å²) in [5.41, 5.74) is 0.691. The normalized spacial score (nSPS) is 24.1. The lowest BCUT2D eigenvalue weighted by Crippen LogP contribution is -2.37. The number of nitroso groups, excluding NO2 is 1. The number of fused-ring (bicyclic) bond motifs is 1. The summed E-state index contributed by atoms with van der Waals surface area (Å²) < 4.78 is 5.62. The van der Waals surface area contributed by atoms with E-state index in [9.17, 15) is 9.70 Å². The molecule has 0 saturated heterocycles. The molecule has 0 aliphatic carbocycles. The van der Waals surface area contributed by atoms with Gasteiger partial charge in [0.05, 0.1) is 5.56 Å². The van der Waals surface area contributed by atoms with Gasteiger partial charge in [0.25, 0.3) is 5.91 Å². The molecule has 1 heterocycles. The van der Waals surface area contributed by atoms with Gasteiger partial charge in [0.15, 0.2) is 0 Å². The summed E-state index contributed by atoms with van der Waals surface area (Å²) >= 11 is 5.72. The Morgan fingerprint density at radius 1 is 1.47 bits per heavy atom. The van der Waals surface area contributed by atoms with Gasteiger partial charge in [0.1, 0.15) is 0 Å². The van der Waals surface area contributed by atoms with Crippen molar-refractivity contribution in [3.8, 4) is 0 Å². The Bertz CT molecular complexity index is 437. The minimum absolute atomic E-state index is 0.328. The van der Waals surface area contributed by atoms with Crippen molar-refractivity contribution in [2.75, 3.05) is 7.11 Å². The van der Waals surface area contributed by atoms with E-state index >= 15 is 0 Å². The van der Waals surface area contributed by atoms with Crippen molar-refractivity contribution in [1.82, 2.24) is 4.42 Å². The predicted octanol–water partition coefficient (Wildman–Crippen LogP) is 1.82. The lowest BCUT2D eigenvalue weighted by atomic mass is 10.1. The average Bonchev–Trinajstić information content (AvgIpc) is 2.51. The van der Waals surface area contributed by atoms with E-state index in [1.165, 1.54) is 7.11 Å². The molecule has 2 rings (SSSR count). The monoisotopic (exact) mass is 226 g/mol. The number of rotatable bonds is 2. The van der Waals surface area contributed by atoms with Crippen molar-refractivity contribution >= 4 is 17.7 Å². The van der Waals surface area contributed by atoms with E-state index in [2.05, 4.69) is 5.18 Å². The summed E-state index contributed by atoms with van der Waals surface area (Å²) in [7, 11) is 1.27. The summed E-state index contributed by atoms with van der Waals surface area (Å²) in [5.74, 6) is -2.23. The summed E-state index contributed by atoms with van der Waals surface area (Å²) in [6.07, 6.45) is 0. The Hall–Kier alpha value is -1.46. The quantitative estimate of drug-likeness (QED) is 0.571. The summed E-state index contributed by atoms with van der Waals surface area (Å²) in [6.45, 7) is 0. The largest absolute Gasteiger partial charge is 0.333 e. The second-order valence-electron chi connectivity index (χ2n) is 3.04. The van der Waals surface area contributed by atoms with Gasteiger partial charge >= 0.3 is 5.85 Å². The fourth-order valence-corrected chi connectivity index (χ4v) is 1.90. The van der Waals surface area contributed by atoms with Gasteiger partial charge in [0, 0.05) is 24.4 Å². The molecule has 1 aliphatic rings. The molecular weight excluding hydrogens is 220 g/mol. The van der Waals surface area contributed by atoms with E-state index in [-0.39, 0.29) is 0 Å². The number of halogens is 1. The van der Waals surface area contributed by atoms with Crippen molar-refractivity contribution in [3.05, 3.63) is 40.3 Å². The van der Waals surface area contributed by atoms with Gasteiger partial charge in [-0.1, -0.05) is 18.2 Å². The molecule has 1 aliphatic heterocycles. The number of ether oxygens (including phenoxy) is 1. The molecule has 1 aromatic carbocycles. The molecule has 78 valence electrons. The summed E-state index contributed by atoms with van der Waals surface area (Å²) in [5, 5.41) is 2.81. The number of methoxy groups -OCH3 is 1. The standard InChI is InChI=1S/C9H7ClN2O3/c1-15-9(11-14)7-5-3-2-4-6(7)8(13)12(9)10/h2-5H,1H3. The van der Waals surface area contributed by atoms with Crippen LogP contribution in [0.5, 0.6) is 0 Å². The van der Waals surface area contributed by atoms with Crippen LogP contribution in [0.15, 0.2) is 29.4 Å². The van der Waals surface area contributed by atoms with Crippen LogP contribution in [0.4, 0.5) is 0 Å². The van der Waals surface area contributed by atoms with E-state index < -0.39 is 11.8 Å². The molecule has 0 bridgehead atoms. The predicted molar refractivity (Wildman–Crippen MR) is 52.9 cm³/mol. The van der Waals surface area contributed by atoms with Gasteiger partial charge in [-0.3, -0.25) is 4.79 Å². The molecule has 0 aromatic heterocycles. The number of amides is 1. The van der Waals surface area contributed by atoms with Crippen molar-refractivity contribution in [2.45, 2.75) is 5.85 Å². The maximum absolute atomic E-state index is 11.6. The number of hydrogen-bond acceptors (Lipinski definition) is 4. The number of carbonyl (C=O) groups excluding carboxylic acids is 1. The van der Waals surface area contributed by atoms with E-state index in [1.54, 1.807) is 24.3 Å². The van der Waals surface area contributed by atoms with E-state index in [1.807, 2.05) is 0 Å². The van der Waals surface area contributed by atoms with Crippen molar-refractivity contribution < 1.29 is 9.53 Å². The zero-order chi connectivity index (χ0) is 11.1. The smallest absolute Gasteiger partial charge is 0.322 e. The van der Waals surface area contributed by atoms with E-state index in [4.69, 9.17) is 16.5 Å². The molecule has 1 atom stereocenters. The first-order valence-electron chi connectivity index (χ1n) is 4.17. The first-order valence-corrected chi connectivity index (χ1v) is 4.50. The average molecular weight is 227 g/mol. The van der Waals surface area contributed by atoms with Gasteiger partial charge < -0.3 is 4.74 Å². The van der Waals surface area contributed by atoms with Crippen molar-refractivity contribution in [1.29, 1.82) is 0 Å². The third-order valence-corrected chi connectivity index (χ3v) is 2.74. The molecule has 0 radical (unpaired) electrons. The molecule has 0 N–H and O–H groups in total. The Labute approximate surface area is 90.7 Å². The van der Waals surface area contributed by atoms with Crippen LogP contribution >= 0.6 is 11.8 Å². The molecule has 0 fully saturated rings. The lowest BCUT2D eigenvalue weighted by Gasteiger charge is -2.24. The number of nitrogens with zero attached hydrogens (tertiary/aromatic N) is 2. The first-order chi connectivity index (χ1) is 7.17. The van der Waals surface area contributed by atoms with Gasteiger partial charge in [-0.2, -0.15) is 4.42 Å². The van der Waals surface area contributed by atoms with Crippen LogP contribution in [-0.2, 0) is 10.6 Å². The Morgan fingerprint density at radius 3 is 2.73 bits per heavy atom. The molecule has 0 spiro atoms. The van der Waals surface area contributed by atoms with Gasteiger partial charge in [-0.25, -0.2) is 0 Å². The zero-order valence-electron chi connectivity index (χ0n) is 7.81. The summed E-state index contributed by atoms with van der Waals surface area (Å²) in [4.78, 5) is 22.5. The highest BCUT2D eigenvalue weighted by Gasteiger charge is 2.52. The maximum atomic E-state index is 11.6. The molecule has 15 heavy (non-hydrogen) atoms. The SMILES string of the molecule is COC1(N=O)c2ccccc2C(=O)N1Cl. The number of hydrogen-bond donors (Lipinski definition) is 0. The van der Waals surface area contributed by atoms with Crippen LogP contribution in [0, 0.1) is 4.91 Å². The third-order valence-electron chi connectivity index (χ3n) is 2.36. The van der Waals surface area contributed by atoms with Gasteiger partial charge in [-0.05, 0) is 11.2 Å². The fraction of sp³-hybridized carbons (Fsp3) is 0.222. The van der Waals surface area contributed by atoms with Crippen molar-refractivity contribution in [2.24, 2.45) is 5.18 Å². The van der Waals surface area contributed by atoms with E-state index in [0.29, 0.717) is 15.5 Å². The minimum Gasteiger partial charge on any atom is -0.333 e. The number of benzene rings is 1. The second-order valence-corrected chi connectivity index (χ2v) is 3.37. The Balaban J connectivity index is 2.70. The minimum atomic E-state index is -1.74. The topological polar surface area (TPSA) is 59.0 Å². The molecule has 5 nitrogen and oxygen atoms in total. The van der Waals surface area contributed by atoms with Crippen LogP contribution in [0.2, 0.25) is 0 Å². The Kier molecular flexibility index (Phi) is 2.21. The number of carbonyl (C=O) groups is 1. The molecule has 0 saturated carbocycles. The molecule has 1 unspecified atom stereocenters. The lowest BCUT2D eigenvalue weighted by molar-refractivity contribution is -0.0735. The Morgan fingerprint density at radius 2 is 2.13 bits per heavy atom. The van der Waals surface area contributed by atoms with Crippen LogP contribution in [0.1, 0.15) is 15.9 Å². The third kappa shape index (κ3) is 1.10. The molecule has 6 heteroatoms. The maximum Gasteiger partial charge on any atom is 0.322 e. The highest BCUT2D eigenvalue weighted by molar-refractivity contribution is 6.26. The zero-order valence-corrected chi connectivity index (χ0v) is 8.56. The summed E-state index contributed by atoms with van der Waals surface area (Å²) in [6, 6.07) is 6.51. The van der Waals surface area contributed by atoms with Gasteiger partial charge in [0.2, 0.25) is 0 Å². The van der Waals surface area contributed by atoms with Crippen molar-refractivity contribution in [3.63, 3.8) is 0 Å². The second kappa shape index (κ2) is 3.29. The van der Waals surface area contributed by atoms with Crippen LogP contribution < -0.4 is 0 Å². The van der Waals surface area contributed by atoms with Gasteiger partial charge in [-0.15, -0.1) is 4.91 Å². The van der Waals surface area contributed by atoms with Crippen LogP contribution in [0.25, 0.3) is 0 Å². The van der Waals surface area contributed by atoms with Crippen LogP contribution in [-0.4, -0.2) is 17.4 Å². The first kappa shape index (κ1) is 10.1. The molecule has 1 amide bonds. The van der Waals surface area contributed by atoms with Crippen LogP contribution in [0.3, 0.4) is 0 Å². The highest BCUT2D eigenvalue weighted by atomic mass is 35.5. The molecule has 1 aromatic rings. The fourth-order valence-electron chi connectivity index (χ4n) is 1.62.